The molecule has 0 radical (unpaired) electrons. The van der Waals surface area contributed by atoms with Gasteiger partial charge in [0.15, 0.2) is 6.61 Å². The summed E-state index contributed by atoms with van der Waals surface area (Å²) in [5.74, 6) is -0.838. The zero-order valence-corrected chi connectivity index (χ0v) is 19.9. The minimum absolute atomic E-state index is 0.0827. The first-order valence-corrected chi connectivity index (χ1v) is 11.3. The van der Waals surface area contributed by atoms with Crippen LogP contribution >= 0.6 is 11.8 Å². The molecule has 170 valence electrons. The average molecular weight is 463 g/mol. The summed E-state index contributed by atoms with van der Waals surface area (Å²) in [5, 5.41) is 9.34. The van der Waals surface area contributed by atoms with Crippen LogP contribution in [-0.2, 0) is 9.47 Å². The summed E-state index contributed by atoms with van der Waals surface area (Å²) in [5.41, 5.74) is 3.18. The highest BCUT2D eigenvalue weighted by Crippen LogP contribution is 2.33. The fourth-order valence-corrected chi connectivity index (χ4v) is 4.85. The zero-order valence-electron chi connectivity index (χ0n) is 19.1. The van der Waals surface area contributed by atoms with Gasteiger partial charge < -0.3 is 14.0 Å². The maximum atomic E-state index is 12.8. The Kier molecular flexibility index (Phi) is 8.10. The van der Waals surface area contributed by atoms with Crippen molar-refractivity contribution in [1.29, 1.82) is 5.26 Å². The molecule has 0 bridgehead atoms. The van der Waals surface area contributed by atoms with Gasteiger partial charge in [-0.3, -0.25) is 4.79 Å². The molecule has 3 aromatic rings. The normalized spacial score (nSPS) is 11.6. The van der Waals surface area contributed by atoms with Crippen LogP contribution in [0.1, 0.15) is 50.6 Å². The summed E-state index contributed by atoms with van der Waals surface area (Å²) in [4.78, 5) is 27.1. The van der Waals surface area contributed by atoms with Crippen molar-refractivity contribution in [2.75, 3.05) is 20.3 Å². The maximum absolute atomic E-state index is 12.8. The van der Waals surface area contributed by atoms with Crippen LogP contribution in [0.5, 0.6) is 0 Å². The van der Waals surface area contributed by atoms with E-state index in [1.165, 1.54) is 11.8 Å². The first-order chi connectivity index (χ1) is 15.9. The second-order valence-corrected chi connectivity index (χ2v) is 8.75. The molecular formula is C26H26N2O4S. The third kappa shape index (κ3) is 5.54. The number of hydrogen-bond donors (Lipinski definition) is 0. The quantitative estimate of drug-likeness (QED) is 0.314. The van der Waals surface area contributed by atoms with Crippen LogP contribution in [0, 0.1) is 25.2 Å². The van der Waals surface area contributed by atoms with Gasteiger partial charge in [0.1, 0.15) is 6.07 Å². The number of benzene rings is 2. The minimum Gasteiger partial charge on any atom is -0.454 e. The van der Waals surface area contributed by atoms with Gasteiger partial charge in [-0.2, -0.15) is 5.26 Å². The number of carbonyl (C=O) groups is 2. The van der Waals surface area contributed by atoms with Gasteiger partial charge in [0.05, 0.1) is 23.8 Å². The Morgan fingerprint density at radius 2 is 1.73 bits per heavy atom. The van der Waals surface area contributed by atoms with E-state index in [0.29, 0.717) is 28.2 Å². The van der Waals surface area contributed by atoms with E-state index in [1.807, 2.05) is 45.0 Å². The summed E-state index contributed by atoms with van der Waals surface area (Å²) in [6.45, 7) is 6.02. The number of ether oxygens (including phenoxy) is 2. The van der Waals surface area contributed by atoms with Gasteiger partial charge >= 0.3 is 5.97 Å². The van der Waals surface area contributed by atoms with E-state index in [9.17, 15) is 14.9 Å². The highest BCUT2D eigenvalue weighted by Gasteiger charge is 2.21. The molecule has 0 saturated carbocycles. The summed E-state index contributed by atoms with van der Waals surface area (Å²) >= 11 is 1.32. The molecule has 0 saturated heterocycles. The lowest BCUT2D eigenvalue weighted by atomic mass is 10.1. The van der Waals surface area contributed by atoms with Crippen LogP contribution in [0.2, 0.25) is 0 Å². The molecule has 0 amide bonds. The molecule has 6 nitrogen and oxygen atoms in total. The van der Waals surface area contributed by atoms with Crippen LogP contribution < -0.4 is 0 Å². The van der Waals surface area contributed by atoms with Crippen molar-refractivity contribution in [2.24, 2.45) is 0 Å². The number of esters is 1. The zero-order chi connectivity index (χ0) is 24.0. The summed E-state index contributed by atoms with van der Waals surface area (Å²) < 4.78 is 12.7. The topological polar surface area (TPSA) is 81.3 Å². The largest absolute Gasteiger partial charge is 0.454 e. The molecule has 0 fully saturated rings. The lowest BCUT2D eigenvalue weighted by Gasteiger charge is -2.17. The highest BCUT2D eigenvalue weighted by molar-refractivity contribution is 7.99. The molecule has 1 heterocycles. The molecule has 7 heteroatoms. The second kappa shape index (κ2) is 11.0. The molecule has 0 aliphatic heterocycles. The van der Waals surface area contributed by atoms with Crippen LogP contribution in [-0.4, -0.2) is 36.6 Å². The minimum atomic E-state index is -0.581. The lowest BCUT2D eigenvalue weighted by Crippen LogP contribution is -2.17. The molecular weight excluding hydrogens is 436 g/mol. The number of nitriles is 1. The van der Waals surface area contributed by atoms with Gasteiger partial charge in [0.25, 0.3) is 0 Å². The van der Waals surface area contributed by atoms with Gasteiger partial charge in [-0.25, -0.2) is 4.79 Å². The van der Waals surface area contributed by atoms with Crippen LogP contribution in [0.3, 0.4) is 0 Å². The smallest absolute Gasteiger partial charge is 0.339 e. The van der Waals surface area contributed by atoms with Gasteiger partial charge in [-0.15, -0.1) is 0 Å². The molecule has 33 heavy (non-hydrogen) atoms. The third-order valence-electron chi connectivity index (χ3n) is 5.30. The maximum Gasteiger partial charge on any atom is 0.339 e. The number of carbonyl (C=O) groups excluding carboxylic acids is 2. The number of ketones is 1. The molecule has 2 aromatic carbocycles. The van der Waals surface area contributed by atoms with Gasteiger partial charge in [-0.1, -0.05) is 36.0 Å². The Morgan fingerprint density at radius 3 is 2.42 bits per heavy atom. The molecule has 0 aliphatic rings. The summed E-state index contributed by atoms with van der Waals surface area (Å²) in [6, 6.07) is 18.3. The van der Waals surface area contributed by atoms with Crippen molar-refractivity contribution >= 4 is 23.5 Å². The number of rotatable bonds is 9. The number of hydrogen-bond acceptors (Lipinski definition) is 6. The Balaban J connectivity index is 1.74. The molecule has 3 rings (SSSR count). The van der Waals surface area contributed by atoms with Crippen molar-refractivity contribution in [3.05, 3.63) is 82.7 Å². The number of Topliss-reactive ketones (excluding diaryl/α,β-unsaturated/α-hetero) is 1. The van der Waals surface area contributed by atoms with Gasteiger partial charge in [0, 0.05) is 33.9 Å². The number of aryl methyl sites for hydroxylation is 1. The van der Waals surface area contributed by atoms with Crippen molar-refractivity contribution in [1.82, 2.24) is 4.57 Å². The van der Waals surface area contributed by atoms with Gasteiger partial charge in [0.2, 0.25) is 5.78 Å². The molecule has 0 unspecified atom stereocenters. The third-order valence-corrected chi connectivity index (χ3v) is 6.45. The predicted molar refractivity (Wildman–Crippen MR) is 127 cm³/mol. The molecule has 0 N–H and O–H groups in total. The summed E-state index contributed by atoms with van der Waals surface area (Å²) in [7, 11) is 1.64. The second-order valence-electron chi connectivity index (χ2n) is 7.66. The number of nitrogens with zero attached hydrogens (tertiary/aromatic N) is 2. The molecule has 1 aromatic heterocycles. The Morgan fingerprint density at radius 1 is 1.06 bits per heavy atom. The van der Waals surface area contributed by atoms with Crippen molar-refractivity contribution in [2.45, 2.75) is 36.6 Å². The van der Waals surface area contributed by atoms with E-state index >= 15 is 0 Å². The van der Waals surface area contributed by atoms with Crippen LogP contribution in [0.4, 0.5) is 0 Å². The van der Waals surface area contributed by atoms with Gasteiger partial charge in [-0.05, 0) is 51.1 Å². The fraction of sp³-hybridized carbons (Fsp3) is 0.269. The fourth-order valence-electron chi connectivity index (χ4n) is 3.83. The van der Waals surface area contributed by atoms with E-state index in [-0.39, 0.29) is 18.4 Å². The van der Waals surface area contributed by atoms with Crippen LogP contribution in [0.25, 0.3) is 0 Å². The number of methoxy groups -OCH3 is 1. The first-order valence-electron chi connectivity index (χ1n) is 10.5. The average Bonchev–Trinajstić information content (AvgIpc) is 3.12. The van der Waals surface area contributed by atoms with E-state index in [4.69, 9.17) is 9.47 Å². The lowest BCUT2D eigenvalue weighted by molar-refractivity contribution is 0.0471. The standard InChI is InChI=1S/C26H26N2O4S/c1-17-13-22(19(3)28(17)18(2)15-31-4)23(29)16-32-26(30)21-10-6-8-12-25(21)33-24-11-7-5-9-20(24)14-27/h5-13,18H,15-16H2,1-4H3/t18-/m0/s1. The van der Waals surface area contributed by atoms with Crippen LogP contribution in [0.15, 0.2) is 64.4 Å². The SMILES string of the molecule is COC[C@H](C)n1c(C)cc(C(=O)COC(=O)c2ccccc2Sc2ccccc2C#N)c1C. The Bertz CT molecular complexity index is 1210. The molecule has 1 atom stereocenters. The first kappa shape index (κ1) is 24.3. The van der Waals surface area contributed by atoms with E-state index < -0.39 is 5.97 Å². The van der Waals surface area contributed by atoms with Crippen molar-refractivity contribution < 1.29 is 19.1 Å². The summed E-state index contributed by atoms with van der Waals surface area (Å²) in [6.07, 6.45) is 0. The highest BCUT2D eigenvalue weighted by atomic mass is 32.2. The van der Waals surface area contributed by atoms with Crippen molar-refractivity contribution in [3.63, 3.8) is 0 Å². The van der Waals surface area contributed by atoms with E-state index in [1.54, 1.807) is 37.4 Å². The molecule has 0 aliphatic carbocycles. The van der Waals surface area contributed by atoms with E-state index in [0.717, 1.165) is 16.3 Å². The van der Waals surface area contributed by atoms with E-state index in [2.05, 4.69) is 10.6 Å². The predicted octanol–water partition coefficient (Wildman–Crippen LogP) is 5.37. The Hall–Kier alpha value is -3.34. The van der Waals surface area contributed by atoms with Crippen molar-refractivity contribution in [3.8, 4) is 6.07 Å². The Labute approximate surface area is 198 Å². The monoisotopic (exact) mass is 462 g/mol. The molecule has 0 spiro atoms. The number of aromatic nitrogens is 1.